The van der Waals surface area contributed by atoms with Crippen LogP contribution in [-0.2, 0) is 29.6 Å². The summed E-state index contributed by atoms with van der Waals surface area (Å²) in [6.45, 7) is 3.34. The topological polar surface area (TPSA) is 157 Å². The number of sulfonamides is 2. The number of hydrogen-bond acceptors (Lipinski definition) is 9. The highest BCUT2D eigenvalue weighted by atomic mass is 35.5. The molecule has 0 aliphatic rings. The normalized spacial score (nSPS) is 12.4. The third kappa shape index (κ3) is 6.15. The van der Waals surface area contributed by atoms with Crippen molar-refractivity contribution in [3.63, 3.8) is 0 Å². The van der Waals surface area contributed by atoms with E-state index in [2.05, 4.69) is 24.7 Å². The molecule has 2 N–H and O–H groups in total. The van der Waals surface area contributed by atoms with Crippen molar-refractivity contribution < 1.29 is 35.3 Å². The highest BCUT2D eigenvalue weighted by Crippen LogP contribution is 2.23. The van der Waals surface area contributed by atoms with Gasteiger partial charge in [-0.25, -0.2) is 20.1 Å². The number of guanidine groups is 1. The van der Waals surface area contributed by atoms with Gasteiger partial charge in [0, 0.05) is 15.5 Å². The fraction of sp³-hybridized carbons (Fsp3) is 0.182. The lowest BCUT2D eigenvalue weighted by Crippen LogP contribution is -2.45. The molecule has 3 rings (SSSR count). The molecule has 0 saturated heterocycles. The van der Waals surface area contributed by atoms with Crippen LogP contribution in [0.1, 0.15) is 21.7 Å². The predicted octanol–water partition coefficient (Wildman–Crippen LogP) is 2.24. The lowest BCUT2D eigenvalue weighted by molar-refractivity contribution is -0.667. The van der Waals surface area contributed by atoms with Crippen molar-refractivity contribution in [2.75, 3.05) is 19.5 Å². The van der Waals surface area contributed by atoms with Gasteiger partial charge in [-0.2, -0.15) is 21.6 Å². The maximum atomic E-state index is 13.5. The largest absolute Gasteiger partial charge is 0.465 e. The van der Waals surface area contributed by atoms with E-state index in [1.807, 2.05) is 0 Å². The molecule has 0 amide bonds. The average Bonchev–Trinajstić information content (AvgIpc) is 2.83. The van der Waals surface area contributed by atoms with Crippen molar-refractivity contribution in [2.24, 2.45) is 0 Å². The van der Waals surface area contributed by atoms with Crippen molar-refractivity contribution in [1.82, 2.24) is 14.7 Å². The number of ether oxygens (including phenoxy) is 1. The van der Waals surface area contributed by atoms with E-state index in [1.54, 1.807) is 19.9 Å². The lowest BCUT2D eigenvalue weighted by Gasteiger charge is -2.14. The second-order valence-corrected chi connectivity index (χ2v) is 11.2. The molecule has 196 valence electrons. The number of rotatable bonds is 7. The minimum absolute atomic E-state index is 0.132. The van der Waals surface area contributed by atoms with E-state index in [4.69, 9.17) is 16.4 Å². The smallest absolute Gasteiger partial charge is 0.421 e. The molecule has 0 atom stereocenters. The molecule has 0 aliphatic carbocycles. The van der Waals surface area contributed by atoms with Crippen molar-refractivity contribution >= 4 is 49.5 Å². The molecule has 1 heterocycles. The minimum atomic E-state index is -4.62. The van der Waals surface area contributed by atoms with Gasteiger partial charge in [0.15, 0.2) is 0 Å². The van der Waals surface area contributed by atoms with E-state index in [0.717, 1.165) is 20.3 Å². The van der Waals surface area contributed by atoms with Gasteiger partial charge in [-0.3, -0.25) is 0 Å². The first kappa shape index (κ1) is 27.8. The summed E-state index contributed by atoms with van der Waals surface area (Å²) in [6.07, 6.45) is 0. The van der Waals surface area contributed by atoms with Gasteiger partial charge in [0.05, 0.1) is 17.7 Å². The Morgan fingerprint density at radius 1 is 0.919 bits per heavy atom. The average molecular weight is 569 g/mol. The lowest BCUT2D eigenvalue weighted by atomic mass is 10.2. The Kier molecular flexibility index (Phi) is 8.35. The van der Waals surface area contributed by atoms with E-state index in [-0.39, 0.29) is 25.6 Å². The molecular formula is C22H23ClN5O7S2+. The predicted molar refractivity (Wildman–Crippen MR) is 134 cm³/mol. The number of aromatic nitrogens is 2. The monoisotopic (exact) mass is 568 g/mol. The zero-order valence-electron chi connectivity index (χ0n) is 20.1. The number of methoxy groups -OCH3 is 1. The molecule has 3 aromatic rings. The number of carbonyl (C=O) groups excluding carboxylic acids is 1. The quantitative estimate of drug-likeness (QED) is 0.142. The van der Waals surface area contributed by atoms with Gasteiger partial charge in [-0.15, -0.1) is 0 Å². The van der Waals surface area contributed by atoms with E-state index >= 15 is 0 Å². The van der Waals surface area contributed by atoms with Crippen LogP contribution in [0.4, 0.5) is 5.95 Å². The van der Waals surface area contributed by atoms with Gasteiger partial charge in [0.2, 0.25) is 0 Å². The molecule has 1 aromatic heterocycles. The van der Waals surface area contributed by atoms with Crippen LogP contribution in [0, 0.1) is 13.8 Å². The SMILES string of the molecule is COC(=O)c1ccccc1S(=O)(=O)NC(Nc1nc(C)cc(C)n1)=[N+](OC)S(=O)(=O)c1ccccc1Cl. The number of nitrogens with one attached hydrogen (secondary N) is 2. The molecule has 12 nitrogen and oxygen atoms in total. The Bertz CT molecular complexity index is 1570. The summed E-state index contributed by atoms with van der Waals surface area (Å²) in [5.41, 5.74) is 0.759. The Morgan fingerprint density at radius 2 is 1.49 bits per heavy atom. The molecule has 0 bridgehead atoms. The zero-order chi connectivity index (χ0) is 27.4. The zero-order valence-corrected chi connectivity index (χ0v) is 22.5. The Morgan fingerprint density at radius 3 is 2.05 bits per heavy atom. The molecule has 0 spiro atoms. The number of anilines is 1. The first-order valence-corrected chi connectivity index (χ1v) is 13.7. The van der Waals surface area contributed by atoms with Gasteiger partial charge < -0.3 is 9.57 Å². The second kappa shape index (κ2) is 11.1. The second-order valence-electron chi connectivity index (χ2n) is 7.39. The summed E-state index contributed by atoms with van der Waals surface area (Å²) in [7, 11) is -7.12. The van der Waals surface area contributed by atoms with E-state index in [0.29, 0.717) is 11.4 Å². The van der Waals surface area contributed by atoms with Crippen molar-refractivity contribution in [3.8, 4) is 0 Å². The highest BCUT2D eigenvalue weighted by molar-refractivity contribution is 7.90. The number of halogens is 1. The summed E-state index contributed by atoms with van der Waals surface area (Å²) in [6, 6.07) is 12.4. The van der Waals surface area contributed by atoms with Crippen LogP contribution >= 0.6 is 11.6 Å². The number of benzene rings is 2. The van der Waals surface area contributed by atoms with Gasteiger partial charge in [0.25, 0.3) is 5.95 Å². The fourth-order valence-corrected chi connectivity index (χ4v) is 6.17. The van der Waals surface area contributed by atoms with Crippen LogP contribution in [0.5, 0.6) is 0 Å². The molecule has 0 aliphatic heterocycles. The molecule has 37 heavy (non-hydrogen) atoms. The Hall–Kier alpha value is -3.75. The van der Waals surface area contributed by atoms with Crippen molar-refractivity contribution in [3.05, 3.63) is 76.6 Å². The van der Waals surface area contributed by atoms with E-state index in [9.17, 15) is 21.6 Å². The maximum absolute atomic E-state index is 13.5. The highest BCUT2D eigenvalue weighted by Gasteiger charge is 2.36. The number of nitrogens with zero attached hydrogens (tertiary/aromatic N) is 3. The first-order valence-electron chi connectivity index (χ1n) is 10.4. The maximum Gasteiger partial charge on any atom is 0.421 e. The molecule has 0 fully saturated rings. The molecular weight excluding hydrogens is 546 g/mol. The van der Waals surface area contributed by atoms with Crippen molar-refractivity contribution in [2.45, 2.75) is 23.6 Å². The first-order chi connectivity index (χ1) is 17.4. The number of esters is 1. The number of carbonyl (C=O) groups is 1. The minimum Gasteiger partial charge on any atom is -0.465 e. The van der Waals surface area contributed by atoms with Crippen LogP contribution in [-0.4, -0.2) is 57.1 Å². The van der Waals surface area contributed by atoms with Crippen LogP contribution < -0.4 is 10.0 Å². The third-order valence-electron chi connectivity index (χ3n) is 4.71. The van der Waals surface area contributed by atoms with Gasteiger partial charge in [-0.1, -0.05) is 35.9 Å². The van der Waals surface area contributed by atoms with E-state index < -0.39 is 36.9 Å². The fourth-order valence-electron chi connectivity index (χ4n) is 3.21. The summed E-state index contributed by atoms with van der Waals surface area (Å²) in [5, 5.41) is 2.43. The van der Waals surface area contributed by atoms with Gasteiger partial charge >= 0.3 is 32.0 Å². The summed E-state index contributed by atoms with van der Waals surface area (Å²) >= 11 is 6.11. The molecule has 0 unspecified atom stereocenters. The van der Waals surface area contributed by atoms with Crippen LogP contribution in [0.15, 0.2) is 64.4 Å². The molecule has 15 heteroatoms. The molecule has 0 radical (unpaired) electrons. The third-order valence-corrected chi connectivity index (χ3v) is 8.23. The van der Waals surface area contributed by atoms with Crippen LogP contribution in [0.2, 0.25) is 5.02 Å². The Balaban J connectivity index is 2.25. The van der Waals surface area contributed by atoms with E-state index in [1.165, 1.54) is 42.5 Å². The van der Waals surface area contributed by atoms with Crippen LogP contribution in [0.25, 0.3) is 0 Å². The summed E-state index contributed by atoms with van der Waals surface area (Å²) in [5.74, 6) is -1.76. The van der Waals surface area contributed by atoms with Gasteiger partial charge in [0.1, 0.15) is 16.9 Å². The summed E-state index contributed by atoms with van der Waals surface area (Å²) < 4.78 is 61.0. The number of aryl methyl sites for hydroxylation is 2. The molecule has 2 aromatic carbocycles. The number of hydrogen-bond donors (Lipinski definition) is 2. The van der Waals surface area contributed by atoms with Crippen LogP contribution in [0.3, 0.4) is 0 Å². The van der Waals surface area contributed by atoms with Crippen molar-refractivity contribution in [1.29, 1.82) is 0 Å². The standard InChI is InChI=1S/C22H22ClN5O7S2/c1-14-13-15(2)25-21(24-14)26-22(28(35-4)37(32,33)19-12-8-6-10-17(19)23)27-36(30,31)18-11-7-5-9-16(18)20(29)34-3/h5-13H,1-4H3,(H,24,25,26,27)/p+1. The summed E-state index contributed by atoms with van der Waals surface area (Å²) in [4.78, 5) is 24.8. The van der Waals surface area contributed by atoms with Gasteiger partial charge in [-0.05, 0) is 44.2 Å². The molecule has 0 saturated carbocycles. The Labute approximate surface area is 219 Å².